The predicted molar refractivity (Wildman–Crippen MR) is 97.5 cm³/mol. The molecule has 0 radical (unpaired) electrons. The molecule has 0 N–H and O–H groups in total. The molecule has 0 bridgehead atoms. The molecule has 1 aliphatic rings. The van der Waals surface area contributed by atoms with E-state index in [0.29, 0.717) is 24.9 Å². The van der Waals surface area contributed by atoms with Crippen LogP contribution in [0.3, 0.4) is 0 Å². The first kappa shape index (κ1) is 17.0. The minimum atomic E-state index is 0.469. The molecule has 0 aliphatic heterocycles. The SMILES string of the molecule is Cc1cccc(-c2nc(CN(C)Cc3noc(C4CCC4)n3)c(C)o2)c1. The van der Waals surface area contributed by atoms with Gasteiger partial charge in [-0.25, -0.2) is 4.98 Å². The summed E-state index contributed by atoms with van der Waals surface area (Å²) in [4.78, 5) is 11.3. The van der Waals surface area contributed by atoms with Crippen molar-refractivity contribution in [2.75, 3.05) is 7.05 Å². The van der Waals surface area contributed by atoms with E-state index in [9.17, 15) is 0 Å². The van der Waals surface area contributed by atoms with Gasteiger partial charge in [-0.05, 0) is 45.9 Å². The van der Waals surface area contributed by atoms with Crippen molar-refractivity contribution in [1.29, 1.82) is 0 Å². The van der Waals surface area contributed by atoms with E-state index in [1.165, 1.54) is 12.0 Å². The van der Waals surface area contributed by atoms with Crippen molar-refractivity contribution in [2.45, 2.75) is 52.1 Å². The van der Waals surface area contributed by atoms with Crippen LogP contribution >= 0.6 is 0 Å². The lowest BCUT2D eigenvalue weighted by Gasteiger charge is -2.20. The summed E-state index contributed by atoms with van der Waals surface area (Å²) in [6.07, 6.45) is 3.59. The third-order valence-corrected chi connectivity index (χ3v) is 4.93. The topological polar surface area (TPSA) is 68.2 Å². The molecule has 1 aliphatic carbocycles. The Morgan fingerprint density at radius 2 is 2.00 bits per heavy atom. The van der Waals surface area contributed by atoms with Gasteiger partial charge in [-0.3, -0.25) is 4.90 Å². The molecule has 2 heterocycles. The van der Waals surface area contributed by atoms with Crippen molar-refractivity contribution in [2.24, 2.45) is 0 Å². The zero-order chi connectivity index (χ0) is 18.1. The van der Waals surface area contributed by atoms with Gasteiger partial charge in [0.15, 0.2) is 5.82 Å². The van der Waals surface area contributed by atoms with Crippen LogP contribution in [0.15, 0.2) is 33.2 Å². The second-order valence-corrected chi connectivity index (χ2v) is 7.24. The van der Waals surface area contributed by atoms with Gasteiger partial charge < -0.3 is 8.94 Å². The fourth-order valence-corrected chi connectivity index (χ4v) is 3.18. The largest absolute Gasteiger partial charge is 0.441 e. The summed E-state index contributed by atoms with van der Waals surface area (Å²) >= 11 is 0. The van der Waals surface area contributed by atoms with Gasteiger partial charge in [-0.15, -0.1) is 0 Å². The number of hydrogen-bond acceptors (Lipinski definition) is 6. The molecule has 1 saturated carbocycles. The number of benzene rings is 1. The van der Waals surface area contributed by atoms with E-state index < -0.39 is 0 Å². The van der Waals surface area contributed by atoms with E-state index in [4.69, 9.17) is 8.94 Å². The summed E-state index contributed by atoms with van der Waals surface area (Å²) < 4.78 is 11.3. The van der Waals surface area contributed by atoms with Crippen LogP contribution in [0, 0.1) is 13.8 Å². The molecule has 2 aromatic heterocycles. The van der Waals surface area contributed by atoms with E-state index in [1.54, 1.807) is 0 Å². The Morgan fingerprint density at radius 3 is 2.73 bits per heavy atom. The lowest BCUT2D eigenvalue weighted by Crippen LogP contribution is -2.19. The Morgan fingerprint density at radius 1 is 1.15 bits per heavy atom. The molecule has 3 aromatic rings. The Labute approximate surface area is 153 Å². The van der Waals surface area contributed by atoms with E-state index in [-0.39, 0.29) is 0 Å². The van der Waals surface area contributed by atoms with Crippen LogP contribution in [-0.4, -0.2) is 27.1 Å². The third-order valence-electron chi connectivity index (χ3n) is 4.93. The molecular weight excluding hydrogens is 328 g/mol. The standard InChI is InChI=1S/C20H24N4O2/c1-13-6-4-9-16(10-13)19-21-17(14(2)25-19)11-24(3)12-18-22-20(26-23-18)15-7-5-8-15/h4,6,9-10,15H,5,7-8,11-12H2,1-3H3. The first-order valence-corrected chi connectivity index (χ1v) is 9.13. The summed E-state index contributed by atoms with van der Waals surface area (Å²) in [7, 11) is 2.03. The first-order chi connectivity index (χ1) is 12.6. The smallest absolute Gasteiger partial charge is 0.229 e. The molecule has 136 valence electrons. The number of rotatable bonds is 6. The van der Waals surface area contributed by atoms with Gasteiger partial charge in [0.05, 0.1) is 12.2 Å². The maximum Gasteiger partial charge on any atom is 0.229 e. The van der Waals surface area contributed by atoms with Gasteiger partial charge >= 0.3 is 0 Å². The highest BCUT2D eigenvalue weighted by molar-refractivity contribution is 5.54. The van der Waals surface area contributed by atoms with Crippen LogP contribution in [0.25, 0.3) is 11.5 Å². The van der Waals surface area contributed by atoms with E-state index in [0.717, 1.165) is 41.6 Å². The number of oxazole rings is 1. The molecule has 26 heavy (non-hydrogen) atoms. The van der Waals surface area contributed by atoms with Gasteiger partial charge in [0, 0.05) is 18.0 Å². The second kappa shape index (κ2) is 7.03. The molecule has 0 spiro atoms. The van der Waals surface area contributed by atoms with Gasteiger partial charge in [-0.2, -0.15) is 4.98 Å². The Bertz CT molecular complexity index is 895. The van der Waals surface area contributed by atoms with Crippen LogP contribution in [-0.2, 0) is 13.1 Å². The lowest BCUT2D eigenvalue weighted by molar-refractivity contribution is 0.280. The van der Waals surface area contributed by atoms with Crippen molar-refractivity contribution >= 4 is 0 Å². The van der Waals surface area contributed by atoms with Crippen molar-refractivity contribution in [3.8, 4) is 11.5 Å². The highest BCUT2D eigenvalue weighted by Gasteiger charge is 2.25. The van der Waals surface area contributed by atoms with Crippen LogP contribution in [0.4, 0.5) is 0 Å². The predicted octanol–water partition coefficient (Wildman–Crippen LogP) is 4.24. The highest BCUT2D eigenvalue weighted by Crippen LogP contribution is 2.35. The quantitative estimate of drug-likeness (QED) is 0.661. The van der Waals surface area contributed by atoms with Crippen LogP contribution in [0.2, 0.25) is 0 Å². The van der Waals surface area contributed by atoms with Crippen molar-refractivity contribution < 1.29 is 8.94 Å². The highest BCUT2D eigenvalue weighted by atomic mass is 16.5. The molecule has 0 amide bonds. The minimum absolute atomic E-state index is 0.469. The van der Waals surface area contributed by atoms with Crippen LogP contribution in [0.1, 0.15) is 53.9 Å². The monoisotopic (exact) mass is 352 g/mol. The molecule has 0 saturated heterocycles. The summed E-state index contributed by atoms with van der Waals surface area (Å²) in [5, 5.41) is 4.11. The maximum atomic E-state index is 5.88. The second-order valence-electron chi connectivity index (χ2n) is 7.24. The molecular formula is C20H24N4O2. The fraction of sp³-hybridized carbons (Fsp3) is 0.450. The molecule has 6 nitrogen and oxygen atoms in total. The zero-order valence-corrected chi connectivity index (χ0v) is 15.5. The van der Waals surface area contributed by atoms with E-state index in [1.807, 2.05) is 26.1 Å². The molecule has 1 fully saturated rings. The Hall–Kier alpha value is -2.47. The third kappa shape index (κ3) is 3.55. The van der Waals surface area contributed by atoms with Crippen molar-refractivity contribution in [1.82, 2.24) is 20.0 Å². The average molecular weight is 352 g/mol. The number of nitrogens with zero attached hydrogens (tertiary/aromatic N) is 4. The molecule has 6 heteroatoms. The summed E-state index contributed by atoms with van der Waals surface area (Å²) in [6, 6.07) is 8.19. The molecule has 0 atom stereocenters. The van der Waals surface area contributed by atoms with Crippen LogP contribution < -0.4 is 0 Å². The zero-order valence-electron chi connectivity index (χ0n) is 15.5. The summed E-state index contributed by atoms with van der Waals surface area (Å²) in [5.41, 5.74) is 3.13. The van der Waals surface area contributed by atoms with Gasteiger partial charge in [0.2, 0.25) is 11.8 Å². The summed E-state index contributed by atoms with van der Waals surface area (Å²) in [6.45, 7) is 5.33. The van der Waals surface area contributed by atoms with Gasteiger partial charge in [0.1, 0.15) is 5.76 Å². The summed E-state index contributed by atoms with van der Waals surface area (Å²) in [5.74, 6) is 3.50. The molecule has 4 rings (SSSR count). The van der Waals surface area contributed by atoms with Gasteiger partial charge in [-0.1, -0.05) is 29.3 Å². The van der Waals surface area contributed by atoms with E-state index in [2.05, 4.69) is 39.1 Å². The number of aryl methyl sites for hydroxylation is 2. The normalized spacial score (nSPS) is 14.8. The Kier molecular flexibility index (Phi) is 4.59. The Balaban J connectivity index is 1.42. The van der Waals surface area contributed by atoms with Crippen molar-refractivity contribution in [3.05, 3.63) is 53.0 Å². The number of hydrogen-bond donors (Lipinski definition) is 0. The van der Waals surface area contributed by atoms with Crippen LogP contribution in [0.5, 0.6) is 0 Å². The average Bonchev–Trinajstić information content (AvgIpc) is 3.13. The van der Waals surface area contributed by atoms with E-state index >= 15 is 0 Å². The maximum absolute atomic E-state index is 5.88. The first-order valence-electron chi connectivity index (χ1n) is 9.13. The molecule has 1 aromatic carbocycles. The number of aromatic nitrogens is 3. The minimum Gasteiger partial charge on any atom is -0.441 e. The lowest BCUT2D eigenvalue weighted by atomic mass is 9.85. The van der Waals surface area contributed by atoms with Crippen molar-refractivity contribution in [3.63, 3.8) is 0 Å². The fourth-order valence-electron chi connectivity index (χ4n) is 3.18. The van der Waals surface area contributed by atoms with Gasteiger partial charge in [0.25, 0.3) is 0 Å². The molecule has 0 unspecified atom stereocenters.